The van der Waals surface area contributed by atoms with Gasteiger partial charge in [0.05, 0.1) is 0 Å². The fourth-order valence-corrected chi connectivity index (χ4v) is 0. The first-order valence-electron chi connectivity index (χ1n) is 0. The van der Waals surface area contributed by atoms with Crippen LogP contribution in [0, 0.1) is 0 Å². The second-order valence-corrected chi connectivity index (χ2v) is 0. The molecule has 0 radical (unpaired) electrons. The van der Waals surface area contributed by atoms with E-state index in [2.05, 4.69) is 0 Å². The summed E-state index contributed by atoms with van der Waals surface area (Å²) in [5.74, 6) is 0. The van der Waals surface area contributed by atoms with Crippen LogP contribution in [0.4, 0.5) is 0 Å². The van der Waals surface area contributed by atoms with Crippen LogP contribution < -0.4 is 154 Å². The van der Waals surface area contributed by atoms with Crippen LogP contribution in [0.3, 0.4) is 0 Å². The van der Waals surface area contributed by atoms with Gasteiger partial charge >= 0.3 is 0 Å². The van der Waals surface area contributed by atoms with Crippen LogP contribution in [0.1, 0.15) is 0 Å². The molecule has 26 nitrogen and oxygen atoms in total. The molecule has 0 fully saturated rings. The highest BCUT2D eigenvalue weighted by Crippen LogP contribution is -0.289. The van der Waals surface area contributed by atoms with Gasteiger partial charge < -0.3 is 159 Å². The van der Waals surface area contributed by atoms with Gasteiger partial charge in [0.25, 0.3) is 0 Å². The second-order valence-electron chi connectivity index (χ2n) is 0. The van der Waals surface area contributed by atoms with E-state index in [0.717, 1.165) is 0 Å². The lowest BCUT2D eigenvalue weighted by Crippen LogP contribution is -0.482. The Morgan fingerprint density at radius 1 is 0.0769 bits per heavy atom. The molecule has 0 saturated carbocycles. The molecular weight excluding hydrogens is 366 g/mol. The molecule has 0 aliphatic rings. The molecule has 0 heterocycles. The fourth-order valence-electron chi connectivity index (χ4n) is 0. The van der Waals surface area contributed by atoms with Gasteiger partial charge in [-0.05, 0) is 0 Å². The predicted octanol–water partition coefficient (Wildman–Crippen LogP) is 3.23. The Bertz CT molecular complexity index is 6.12. The molecule has 26 heteroatoms. The van der Waals surface area contributed by atoms with Gasteiger partial charge in [-0.15, -0.1) is 0 Å². The highest BCUT2D eigenvalue weighted by Gasteiger charge is -0.320. The van der Waals surface area contributed by atoms with E-state index in [1.165, 1.54) is 0 Å². The maximum Gasteiger partial charge on any atom is -0.344 e. The summed E-state index contributed by atoms with van der Waals surface area (Å²) in [6.07, 6.45) is 0. The summed E-state index contributed by atoms with van der Waals surface area (Å²) in [5, 5.41) is 0. The lowest BCUT2D eigenvalue weighted by molar-refractivity contribution is 0.824. The average molecular weight is 444 g/mol. The van der Waals surface area contributed by atoms with Crippen molar-refractivity contribution < 1.29 is 5.48 Å². The summed E-state index contributed by atoms with van der Waals surface area (Å²) >= 11 is 0. The first kappa shape index (κ1) is 13200. The summed E-state index contributed by atoms with van der Waals surface area (Å²) in [6.45, 7) is 0. The van der Waals surface area contributed by atoms with Crippen LogP contribution in [0.15, 0.2) is 0 Å². The fraction of sp³-hybridized carbons (Fsp3) is 0. The van der Waals surface area contributed by atoms with Crippen LogP contribution in [0.5, 0.6) is 0 Å². The van der Waals surface area contributed by atoms with Crippen molar-refractivity contribution in [2.75, 3.05) is 0 Å². The van der Waals surface area contributed by atoms with E-state index in [1.54, 1.807) is 0 Å². The van der Waals surface area contributed by atoms with E-state index in [-0.39, 0.29) is 159 Å². The van der Waals surface area contributed by atoms with Gasteiger partial charge in [0.2, 0.25) is 0 Å². The third kappa shape index (κ3) is 10200. The molecule has 0 aromatic carbocycles. The molecule has 0 bridgehead atoms. The molecule has 0 rings (SSSR count). The molecule has 0 atom stereocenters. The molecule has 0 amide bonds. The first-order valence-corrected chi connectivity index (χ1v) is 0. The van der Waals surface area contributed by atoms with Gasteiger partial charge in [0, 0.05) is 0 Å². The number of hydrogen-bond donors (Lipinski definition) is 25. The van der Waals surface area contributed by atoms with Crippen molar-refractivity contribution in [3.05, 3.63) is 0 Å². The lowest BCUT2D eigenvalue weighted by atomic mass is 14.0. The summed E-state index contributed by atoms with van der Waals surface area (Å²) in [5.41, 5.74) is 0. The zero-order chi connectivity index (χ0) is 0. The van der Waals surface area contributed by atoms with Crippen molar-refractivity contribution in [1.82, 2.24) is 154 Å². The zero-order valence-corrected chi connectivity index (χ0v) is 18.2. The lowest BCUT2D eigenvalue weighted by Gasteiger charge is -0.412. The van der Waals surface area contributed by atoms with Crippen LogP contribution in [-0.4, -0.2) is 5.48 Å². The molecular formula is H77N25O. The standard InChI is InChI=1S/25H3N.H2O/h25*1H3;1H2. The van der Waals surface area contributed by atoms with Crippen molar-refractivity contribution in [1.29, 1.82) is 0 Å². The van der Waals surface area contributed by atoms with Crippen LogP contribution in [0.2, 0.25) is 0 Å². The molecule has 0 aromatic heterocycles. The topological polar surface area (TPSA) is 906 Å². The van der Waals surface area contributed by atoms with Gasteiger partial charge in [-0.1, -0.05) is 0 Å². The summed E-state index contributed by atoms with van der Waals surface area (Å²) in [6, 6.07) is 0. The quantitative estimate of drug-likeness (QED) is 0.255. The minimum Gasteiger partial charge on any atom is -0.412 e. The van der Waals surface area contributed by atoms with Gasteiger partial charge in [-0.2, -0.15) is 0 Å². The maximum atomic E-state index is 0. The predicted molar refractivity (Wildman–Crippen MR) is 129 cm³/mol. The van der Waals surface area contributed by atoms with Crippen LogP contribution in [0.25, 0.3) is 0 Å². The van der Waals surface area contributed by atoms with Gasteiger partial charge in [0.1, 0.15) is 0 Å². The van der Waals surface area contributed by atoms with Crippen molar-refractivity contribution in [2.45, 2.75) is 0 Å². The SMILES string of the molecule is N.N.N.N.N.N.N.N.N.N.N.N.N.N.N.N.N.N.N.N.N.N.N.N.N.O. The van der Waals surface area contributed by atoms with Gasteiger partial charge in [-0.3, -0.25) is 0 Å². The Hall–Kier alpha value is -1.04. The molecule has 0 aliphatic heterocycles. The minimum atomic E-state index is 0. The first-order chi connectivity index (χ1) is 0. The Kier molecular flexibility index (Phi) is 5950000. The molecule has 0 spiro atoms. The smallest absolute Gasteiger partial charge is 0.344 e. The molecule has 77 N–H and O–H groups in total. The molecule has 208 valence electrons. The highest BCUT2D eigenvalue weighted by atomic mass is 16.0. The van der Waals surface area contributed by atoms with Gasteiger partial charge in [0.15, 0.2) is 0 Å². The van der Waals surface area contributed by atoms with Crippen molar-refractivity contribution in [3.8, 4) is 0 Å². The van der Waals surface area contributed by atoms with Gasteiger partial charge in [-0.25, -0.2) is 0 Å². The molecule has 26 heavy (non-hydrogen) atoms. The zero-order valence-electron chi connectivity index (χ0n) is 18.2. The highest BCUT2D eigenvalue weighted by molar-refractivity contribution is 2.16. The Balaban J connectivity index is 0. The average Bonchev–Trinajstić information content (AvgIpc) is 0. The maximum absolute atomic E-state index is 0. The minimum absolute atomic E-state index is 0. The monoisotopic (exact) mass is 444 g/mol. The van der Waals surface area contributed by atoms with E-state index in [1.807, 2.05) is 0 Å². The molecule has 0 unspecified atom stereocenters. The molecule has 0 saturated heterocycles. The van der Waals surface area contributed by atoms with E-state index < -0.39 is 0 Å². The Labute approximate surface area is 160 Å². The van der Waals surface area contributed by atoms with Crippen molar-refractivity contribution >= 4 is 0 Å². The van der Waals surface area contributed by atoms with E-state index in [0.29, 0.717) is 0 Å². The largest absolute Gasteiger partial charge is 0.412 e. The second kappa shape index (κ2) is 11700. The van der Waals surface area contributed by atoms with E-state index in [4.69, 9.17) is 0 Å². The van der Waals surface area contributed by atoms with Crippen molar-refractivity contribution in [3.63, 3.8) is 0 Å². The third-order valence-electron chi connectivity index (χ3n) is 0. The van der Waals surface area contributed by atoms with Crippen molar-refractivity contribution in [2.24, 2.45) is 0 Å². The summed E-state index contributed by atoms with van der Waals surface area (Å²) < 4.78 is 0. The summed E-state index contributed by atoms with van der Waals surface area (Å²) in [7, 11) is 0. The molecule has 0 aliphatic carbocycles. The van der Waals surface area contributed by atoms with E-state index in [9.17, 15) is 0 Å². The summed E-state index contributed by atoms with van der Waals surface area (Å²) in [4.78, 5) is 0. The third-order valence-corrected chi connectivity index (χ3v) is 0. The van der Waals surface area contributed by atoms with E-state index >= 15 is 0 Å². The number of hydrogen-bond acceptors (Lipinski definition) is 25. The normalized spacial score (nSPS) is 0. The Morgan fingerprint density at radius 2 is 0.0769 bits per heavy atom. The van der Waals surface area contributed by atoms with Crippen LogP contribution >= 0.6 is 0 Å². The number of rotatable bonds is 0. The van der Waals surface area contributed by atoms with Crippen LogP contribution in [-0.2, 0) is 0 Å². The Morgan fingerprint density at radius 3 is 0.0769 bits per heavy atom. The molecule has 0 aromatic rings.